The number of aromatic amines is 2. The molecule has 0 aliphatic rings. The van der Waals surface area contributed by atoms with E-state index >= 15 is 0 Å². The highest BCUT2D eigenvalue weighted by atomic mass is 32.2. The normalized spacial score (nSPS) is 11.6. The average Bonchev–Trinajstić information content (AvgIpc) is 2.98. The lowest BCUT2D eigenvalue weighted by molar-refractivity contribution is 0.0692. The van der Waals surface area contributed by atoms with Crippen LogP contribution in [0.2, 0.25) is 0 Å². The predicted molar refractivity (Wildman–Crippen MR) is 60.4 cm³/mol. The minimum atomic E-state index is -3.93. The summed E-state index contributed by atoms with van der Waals surface area (Å²) in [5.74, 6) is -1.36. The molecule has 2 aromatic heterocycles. The van der Waals surface area contributed by atoms with Crippen LogP contribution in [-0.4, -0.2) is 34.7 Å². The van der Waals surface area contributed by atoms with Gasteiger partial charge in [-0.3, -0.25) is 5.10 Å². The second-order valence-corrected chi connectivity index (χ2v) is 5.17. The summed E-state index contributed by atoms with van der Waals surface area (Å²) < 4.78 is 26.0. The van der Waals surface area contributed by atoms with Gasteiger partial charge in [0.25, 0.3) is 10.0 Å². The van der Waals surface area contributed by atoms with Gasteiger partial charge in [-0.05, 0) is 11.6 Å². The molecule has 0 radical (unpaired) electrons. The van der Waals surface area contributed by atoms with Gasteiger partial charge in [0, 0.05) is 18.9 Å². The van der Waals surface area contributed by atoms with E-state index in [1.54, 1.807) is 18.5 Å². The molecule has 0 amide bonds. The van der Waals surface area contributed by atoms with Crippen molar-refractivity contribution < 1.29 is 18.3 Å². The van der Waals surface area contributed by atoms with Gasteiger partial charge in [0.15, 0.2) is 5.03 Å². The number of sulfonamides is 1. The van der Waals surface area contributed by atoms with Crippen LogP contribution in [0, 0.1) is 0 Å². The van der Waals surface area contributed by atoms with E-state index < -0.39 is 26.6 Å². The second-order valence-electron chi connectivity index (χ2n) is 3.46. The van der Waals surface area contributed by atoms with Crippen molar-refractivity contribution >= 4 is 16.0 Å². The summed E-state index contributed by atoms with van der Waals surface area (Å²) in [4.78, 5) is 13.6. The molecule has 0 saturated heterocycles. The zero-order valence-corrected chi connectivity index (χ0v) is 9.86. The van der Waals surface area contributed by atoms with E-state index in [1.165, 1.54) is 0 Å². The number of nitrogens with one attached hydrogen (secondary N) is 3. The highest BCUT2D eigenvalue weighted by Crippen LogP contribution is 2.12. The van der Waals surface area contributed by atoms with Crippen LogP contribution in [0.15, 0.2) is 29.7 Å². The first-order valence-corrected chi connectivity index (χ1v) is 6.37. The SMILES string of the molecule is O=C(O)c1cn[nH]c1S(=O)(=O)NCc1cc[nH]c1. The van der Waals surface area contributed by atoms with Crippen LogP contribution in [0.5, 0.6) is 0 Å². The Morgan fingerprint density at radius 2 is 2.28 bits per heavy atom. The van der Waals surface area contributed by atoms with E-state index in [9.17, 15) is 13.2 Å². The molecule has 0 aliphatic heterocycles. The fraction of sp³-hybridized carbons (Fsp3) is 0.111. The second kappa shape index (κ2) is 4.63. The minimum absolute atomic E-state index is 0.0594. The van der Waals surface area contributed by atoms with Crippen LogP contribution in [0.4, 0.5) is 0 Å². The van der Waals surface area contributed by atoms with Crippen LogP contribution < -0.4 is 4.72 Å². The molecule has 2 rings (SSSR count). The predicted octanol–water partition coefficient (Wildman–Crippen LogP) is -0.0855. The first-order valence-electron chi connectivity index (χ1n) is 4.88. The van der Waals surface area contributed by atoms with Gasteiger partial charge in [0.2, 0.25) is 0 Å². The van der Waals surface area contributed by atoms with E-state index in [0.717, 1.165) is 11.8 Å². The van der Waals surface area contributed by atoms with Crippen molar-refractivity contribution in [2.24, 2.45) is 0 Å². The number of hydrogen-bond donors (Lipinski definition) is 4. The van der Waals surface area contributed by atoms with Crippen molar-refractivity contribution in [3.8, 4) is 0 Å². The van der Waals surface area contributed by atoms with E-state index in [0.29, 0.717) is 0 Å². The van der Waals surface area contributed by atoms with Crippen molar-refractivity contribution in [3.63, 3.8) is 0 Å². The molecule has 96 valence electrons. The van der Waals surface area contributed by atoms with E-state index in [4.69, 9.17) is 5.11 Å². The van der Waals surface area contributed by atoms with E-state index in [1.807, 2.05) is 0 Å². The number of H-pyrrole nitrogens is 2. The Bertz CT molecular complexity index is 644. The molecule has 0 saturated carbocycles. The molecule has 0 fully saturated rings. The molecule has 0 unspecified atom stereocenters. The summed E-state index contributed by atoms with van der Waals surface area (Å²) >= 11 is 0. The Morgan fingerprint density at radius 1 is 1.50 bits per heavy atom. The molecule has 9 heteroatoms. The van der Waals surface area contributed by atoms with Crippen LogP contribution in [0.25, 0.3) is 0 Å². The fourth-order valence-electron chi connectivity index (χ4n) is 1.35. The summed E-state index contributed by atoms with van der Waals surface area (Å²) in [5, 5.41) is 14.0. The molecule has 0 bridgehead atoms. The number of aromatic nitrogens is 3. The Morgan fingerprint density at radius 3 is 2.89 bits per heavy atom. The van der Waals surface area contributed by atoms with Crippen molar-refractivity contribution in [1.29, 1.82) is 0 Å². The topological polar surface area (TPSA) is 128 Å². The lowest BCUT2D eigenvalue weighted by Crippen LogP contribution is -2.25. The highest BCUT2D eigenvalue weighted by Gasteiger charge is 2.24. The molecule has 2 heterocycles. The lowest BCUT2D eigenvalue weighted by Gasteiger charge is -2.04. The maximum absolute atomic E-state index is 11.9. The number of aromatic carboxylic acids is 1. The summed E-state index contributed by atoms with van der Waals surface area (Å²) in [5.41, 5.74) is 0.339. The van der Waals surface area contributed by atoms with Crippen molar-refractivity contribution in [2.45, 2.75) is 11.6 Å². The molecule has 0 aliphatic carbocycles. The first-order chi connectivity index (χ1) is 8.50. The average molecular weight is 270 g/mol. The Hall–Kier alpha value is -2.13. The maximum Gasteiger partial charge on any atom is 0.340 e. The quantitative estimate of drug-likeness (QED) is 0.604. The van der Waals surface area contributed by atoms with Gasteiger partial charge >= 0.3 is 5.97 Å². The van der Waals surface area contributed by atoms with Crippen molar-refractivity contribution in [1.82, 2.24) is 19.9 Å². The third-order valence-corrected chi connectivity index (χ3v) is 3.61. The summed E-state index contributed by atoms with van der Waals surface area (Å²) in [6.45, 7) is 0.0594. The number of nitrogens with zero attached hydrogens (tertiary/aromatic N) is 1. The minimum Gasteiger partial charge on any atom is -0.478 e. The van der Waals surface area contributed by atoms with Crippen molar-refractivity contribution in [3.05, 3.63) is 35.8 Å². The lowest BCUT2D eigenvalue weighted by atomic mass is 10.4. The third kappa shape index (κ3) is 2.41. The standard InChI is InChI=1S/C9H10N4O4S/c14-9(15)7-5-11-13-8(7)18(16,17)12-4-6-1-2-10-3-6/h1-3,5,10,12H,4H2,(H,11,13)(H,14,15). The van der Waals surface area contributed by atoms with Crippen LogP contribution in [0.1, 0.15) is 15.9 Å². The Balaban J connectivity index is 2.20. The molecule has 18 heavy (non-hydrogen) atoms. The fourth-order valence-corrected chi connectivity index (χ4v) is 2.45. The van der Waals surface area contributed by atoms with Gasteiger partial charge < -0.3 is 10.1 Å². The van der Waals surface area contributed by atoms with Crippen LogP contribution in [-0.2, 0) is 16.6 Å². The zero-order chi connectivity index (χ0) is 13.2. The molecule has 0 aromatic carbocycles. The van der Waals surface area contributed by atoms with Gasteiger partial charge in [-0.2, -0.15) is 5.10 Å². The molecule has 0 spiro atoms. The monoisotopic (exact) mass is 270 g/mol. The number of rotatable bonds is 5. The maximum atomic E-state index is 11.9. The third-order valence-electron chi connectivity index (χ3n) is 2.23. The largest absolute Gasteiger partial charge is 0.478 e. The Kier molecular flexibility index (Phi) is 3.17. The smallest absolute Gasteiger partial charge is 0.340 e. The molecule has 8 nitrogen and oxygen atoms in total. The Labute approximate surface area is 102 Å². The summed E-state index contributed by atoms with van der Waals surface area (Å²) in [6.07, 6.45) is 4.24. The van der Waals surface area contributed by atoms with Gasteiger partial charge in [-0.15, -0.1) is 0 Å². The summed E-state index contributed by atoms with van der Waals surface area (Å²) in [7, 11) is -3.93. The number of hydrogen-bond acceptors (Lipinski definition) is 4. The molecular formula is C9H10N4O4S. The van der Waals surface area contributed by atoms with Gasteiger partial charge in [-0.25, -0.2) is 17.9 Å². The zero-order valence-electron chi connectivity index (χ0n) is 9.04. The number of carbonyl (C=O) groups is 1. The van der Waals surface area contributed by atoms with Crippen LogP contribution >= 0.6 is 0 Å². The first kappa shape index (κ1) is 12.3. The molecule has 2 aromatic rings. The van der Waals surface area contributed by atoms with Gasteiger partial charge in [0.05, 0.1) is 6.20 Å². The number of carboxylic acids is 1. The van der Waals surface area contributed by atoms with Gasteiger partial charge in [0.1, 0.15) is 5.56 Å². The van der Waals surface area contributed by atoms with E-state index in [-0.39, 0.29) is 6.54 Å². The molecule has 0 atom stereocenters. The van der Waals surface area contributed by atoms with Crippen molar-refractivity contribution in [2.75, 3.05) is 0 Å². The summed E-state index contributed by atoms with van der Waals surface area (Å²) in [6, 6.07) is 1.70. The van der Waals surface area contributed by atoms with E-state index in [2.05, 4.69) is 19.9 Å². The number of carboxylic acid groups (broad SMARTS) is 1. The highest BCUT2D eigenvalue weighted by molar-refractivity contribution is 7.89. The van der Waals surface area contributed by atoms with Gasteiger partial charge in [-0.1, -0.05) is 0 Å². The molecule has 4 N–H and O–H groups in total. The molecular weight excluding hydrogens is 260 g/mol. The van der Waals surface area contributed by atoms with Crippen LogP contribution in [0.3, 0.4) is 0 Å².